The standard InChI is InChI=1S/C13H13F3N2O3/c1-2-11-17-12(21-18-11)7-20-10-4-3-8(6-19)5-9(10)13(14,15)16/h3-5,19H,2,6-7H2,1H3. The minimum absolute atomic E-state index is 0.103. The van der Waals surface area contributed by atoms with Gasteiger partial charge in [-0.2, -0.15) is 18.2 Å². The highest BCUT2D eigenvalue weighted by Gasteiger charge is 2.34. The van der Waals surface area contributed by atoms with Crippen LogP contribution in [0, 0.1) is 0 Å². The van der Waals surface area contributed by atoms with Crippen LogP contribution in [-0.4, -0.2) is 15.2 Å². The third kappa shape index (κ3) is 3.72. The van der Waals surface area contributed by atoms with Crippen LogP contribution in [0.25, 0.3) is 0 Å². The van der Waals surface area contributed by atoms with E-state index >= 15 is 0 Å². The summed E-state index contributed by atoms with van der Waals surface area (Å²) in [6.45, 7) is 1.09. The maximum Gasteiger partial charge on any atom is 0.419 e. The minimum atomic E-state index is -4.58. The van der Waals surface area contributed by atoms with Gasteiger partial charge in [-0.25, -0.2) is 0 Å². The Bertz CT molecular complexity index is 611. The minimum Gasteiger partial charge on any atom is -0.483 e. The van der Waals surface area contributed by atoms with Crippen LogP contribution in [0.1, 0.15) is 29.8 Å². The van der Waals surface area contributed by atoms with E-state index in [-0.39, 0.29) is 23.8 Å². The second-order valence-electron chi connectivity index (χ2n) is 4.23. The Kier molecular flexibility index (Phi) is 4.46. The summed E-state index contributed by atoms with van der Waals surface area (Å²) in [5, 5.41) is 12.5. The van der Waals surface area contributed by atoms with E-state index in [9.17, 15) is 13.2 Å². The first-order chi connectivity index (χ1) is 9.94. The first-order valence-corrected chi connectivity index (χ1v) is 6.19. The Hall–Kier alpha value is -2.09. The zero-order chi connectivity index (χ0) is 15.5. The van der Waals surface area contributed by atoms with Crippen molar-refractivity contribution in [1.29, 1.82) is 0 Å². The van der Waals surface area contributed by atoms with Crippen LogP contribution < -0.4 is 4.74 Å². The molecule has 114 valence electrons. The maximum absolute atomic E-state index is 12.9. The van der Waals surface area contributed by atoms with Crippen molar-refractivity contribution in [2.45, 2.75) is 32.7 Å². The number of benzene rings is 1. The van der Waals surface area contributed by atoms with Crippen molar-refractivity contribution < 1.29 is 27.5 Å². The van der Waals surface area contributed by atoms with Crippen LogP contribution in [0.3, 0.4) is 0 Å². The summed E-state index contributed by atoms with van der Waals surface area (Å²) in [6.07, 6.45) is -4.02. The van der Waals surface area contributed by atoms with Gasteiger partial charge in [0.25, 0.3) is 5.89 Å². The van der Waals surface area contributed by atoms with Crippen LogP contribution in [0.4, 0.5) is 13.2 Å². The number of aromatic nitrogens is 2. The van der Waals surface area contributed by atoms with Gasteiger partial charge in [0, 0.05) is 6.42 Å². The van der Waals surface area contributed by atoms with Gasteiger partial charge in [0.1, 0.15) is 5.75 Å². The van der Waals surface area contributed by atoms with Crippen molar-refractivity contribution in [3.8, 4) is 5.75 Å². The molecular formula is C13H13F3N2O3. The van der Waals surface area contributed by atoms with Gasteiger partial charge >= 0.3 is 6.18 Å². The molecule has 0 saturated heterocycles. The second kappa shape index (κ2) is 6.13. The lowest BCUT2D eigenvalue weighted by Gasteiger charge is -2.14. The maximum atomic E-state index is 12.9. The Morgan fingerprint density at radius 1 is 1.33 bits per heavy atom. The van der Waals surface area contributed by atoms with Crippen molar-refractivity contribution in [2.75, 3.05) is 0 Å². The van der Waals surface area contributed by atoms with E-state index in [0.29, 0.717) is 12.2 Å². The summed E-state index contributed by atoms with van der Waals surface area (Å²) in [6, 6.07) is 3.36. The van der Waals surface area contributed by atoms with Gasteiger partial charge < -0.3 is 14.4 Å². The first-order valence-electron chi connectivity index (χ1n) is 6.19. The molecule has 5 nitrogen and oxygen atoms in total. The molecule has 2 aromatic rings. The third-order valence-electron chi connectivity index (χ3n) is 2.71. The Balaban J connectivity index is 2.19. The van der Waals surface area contributed by atoms with Gasteiger partial charge in [-0.15, -0.1) is 0 Å². The molecule has 0 radical (unpaired) electrons. The predicted molar refractivity (Wildman–Crippen MR) is 65.4 cm³/mol. The smallest absolute Gasteiger partial charge is 0.419 e. The first kappa shape index (κ1) is 15.3. The molecule has 0 atom stereocenters. The van der Waals surface area contributed by atoms with Crippen molar-refractivity contribution in [1.82, 2.24) is 10.1 Å². The van der Waals surface area contributed by atoms with Gasteiger partial charge in [0.05, 0.1) is 12.2 Å². The van der Waals surface area contributed by atoms with Gasteiger partial charge in [-0.1, -0.05) is 18.1 Å². The molecule has 1 heterocycles. The highest BCUT2D eigenvalue weighted by molar-refractivity contribution is 5.39. The number of aliphatic hydroxyl groups is 1. The van der Waals surface area contributed by atoms with E-state index < -0.39 is 18.3 Å². The topological polar surface area (TPSA) is 68.4 Å². The van der Waals surface area contributed by atoms with Gasteiger partial charge in [-0.05, 0) is 17.7 Å². The molecule has 0 fully saturated rings. The Labute approximate surface area is 118 Å². The molecule has 1 N–H and O–H groups in total. The molecule has 0 spiro atoms. The van der Waals surface area contributed by atoms with Gasteiger partial charge in [0.15, 0.2) is 12.4 Å². The molecule has 0 unspecified atom stereocenters. The van der Waals surface area contributed by atoms with E-state index in [1.165, 1.54) is 6.07 Å². The van der Waals surface area contributed by atoms with E-state index in [4.69, 9.17) is 14.4 Å². The number of aliphatic hydroxyl groups excluding tert-OH is 1. The predicted octanol–water partition coefficient (Wildman–Crippen LogP) is 2.72. The monoisotopic (exact) mass is 302 g/mol. The average Bonchev–Trinajstić information content (AvgIpc) is 2.92. The number of nitrogens with zero attached hydrogens (tertiary/aromatic N) is 2. The van der Waals surface area contributed by atoms with Crippen LogP contribution >= 0.6 is 0 Å². The second-order valence-corrected chi connectivity index (χ2v) is 4.23. The SMILES string of the molecule is CCc1noc(COc2ccc(CO)cc2C(F)(F)F)n1. The molecule has 1 aromatic carbocycles. The van der Waals surface area contributed by atoms with Gasteiger partial charge in [-0.3, -0.25) is 0 Å². The molecule has 8 heteroatoms. The van der Waals surface area contributed by atoms with E-state index in [0.717, 1.165) is 12.1 Å². The van der Waals surface area contributed by atoms with Gasteiger partial charge in [0.2, 0.25) is 0 Å². The number of ether oxygens (including phenoxy) is 1. The fourth-order valence-corrected chi connectivity index (χ4v) is 1.65. The summed E-state index contributed by atoms with van der Waals surface area (Å²) in [5.41, 5.74) is -0.801. The van der Waals surface area contributed by atoms with Crippen LogP contribution in [0.15, 0.2) is 22.7 Å². The quantitative estimate of drug-likeness (QED) is 0.919. The molecule has 1 aromatic heterocycles. The van der Waals surface area contributed by atoms with Crippen LogP contribution in [-0.2, 0) is 25.8 Å². The summed E-state index contributed by atoms with van der Waals surface area (Å²) < 4.78 is 48.8. The number of halogens is 3. The highest BCUT2D eigenvalue weighted by Crippen LogP contribution is 2.37. The lowest BCUT2D eigenvalue weighted by atomic mass is 10.1. The molecule has 0 aliphatic heterocycles. The Morgan fingerprint density at radius 2 is 2.10 bits per heavy atom. The summed E-state index contributed by atoms with van der Waals surface area (Å²) in [7, 11) is 0. The highest BCUT2D eigenvalue weighted by atomic mass is 19.4. The van der Waals surface area contributed by atoms with Crippen LogP contribution in [0.5, 0.6) is 5.75 Å². The largest absolute Gasteiger partial charge is 0.483 e. The van der Waals surface area contributed by atoms with E-state index in [2.05, 4.69) is 10.1 Å². The lowest BCUT2D eigenvalue weighted by Crippen LogP contribution is -2.09. The van der Waals surface area contributed by atoms with Crippen LogP contribution in [0.2, 0.25) is 0 Å². The molecule has 0 amide bonds. The number of rotatable bonds is 5. The molecule has 0 aliphatic rings. The summed E-state index contributed by atoms with van der Waals surface area (Å²) >= 11 is 0. The molecule has 21 heavy (non-hydrogen) atoms. The number of hydrogen-bond acceptors (Lipinski definition) is 5. The summed E-state index contributed by atoms with van der Waals surface area (Å²) in [4.78, 5) is 3.95. The average molecular weight is 302 g/mol. The molecular weight excluding hydrogens is 289 g/mol. The summed E-state index contributed by atoms with van der Waals surface area (Å²) in [5.74, 6) is 0.211. The third-order valence-corrected chi connectivity index (χ3v) is 2.71. The number of hydrogen-bond donors (Lipinski definition) is 1. The fraction of sp³-hybridized carbons (Fsp3) is 0.385. The number of alkyl halides is 3. The van der Waals surface area contributed by atoms with Crippen molar-refractivity contribution in [2.24, 2.45) is 0 Å². The number of aryl methyl sites for hydroxylation is 1. The van der Waals surface area contributed by atoms with E-state index in [1.807, 2.05) is 6.92 Å². The zero-order valence-corrected chi connectivity index (χ0v) is 11.1. The fourth-order valence-electron chi connectivity index (χ4n) is 1.65. The molecule has 0 bridgehead atoms. The van der Waals surface area contributed by atoms with E-state index in [1.54, 1.807) is 0 Å². The Morgan fingerprint density at radius 3 is 2.67 bits per heavy atom. The molecule has 0 saturated carbocycles. The van der Waals surface area contributed by atoms with Crippen molar-refractivity contribution >= 4 is 0 Å². The molecule has 2 rings (SSSR count). The molecule has 0 aliphatic carbocycles. The zero-order valence-electron chi connectivity index (χ0n) is 11.1. The normalized spacial score (nSPS) is 11.7. The van der Waals surface area contributed by atoms with Crippen molar-refractivity contribution in [3.05, 3.63) is 41.0 Å². The lowest BCUT2D eigenvalue weighted by molar-refractivity contribution is -0.139. The van der Waals surface area contributed by atoms with Crippen molar-refractivity contribution in [3.63, 3.8) is 0 Å².